The van der Waals surface area contributed by atoms with Gasteiger partial charge < -0.3 is 4.90 Å². The number of amides is 3. The summed E-state index contributed by atoms with van der Waals surface area (Å²) in [4.78, 5) is 40.3. The first-order chi connectivity index (χ1) is 13.8. The molecule has 7 heteroatoms. The van der Waals surface area contributed by atoms with E-state index in [0.717, 1.165) is 10.5 Å². The molecule has 0 radical (unpaired) electrons. The minimum Gasteiger partial charge on any atom is -0.338 e. The van der Waals surface area contributed by atoms with Crippen LogP contribution in [0.1, 0.15) is 49.5 Å². The Hall–Kier alpha value is -2.73. The lowest BCUT2D eigenvalue weighted by Crippen LogP contribution is -2.50. The number of piperidine rings is 1. The Morgan fingerprint density at radius 2 is 1.66 bits per heavy atom. The maximum Gasteiger partial charge on any atom is 0.261 e. The minimum atomic E-state index is -1.71. The second kappa shape index (κ2) is 7.26. The summed E-state index contributed by atoms with van der Waals surface area (Å²) in [7, 11) is 0. The number of fused-ring (bicyclic) bond motifs is 1. The number of benzene rings is 2. The van der Waals surface area contributed by atoms with Crippen molar-refractivity contribution in [2.24, 2.45) is 0 Å². The van der Waals surface area contributed by atoms with Crippen LogP contribution in [0, 0.1) is 6.92 Å². The number of imide groups is 1. The van der Waals surface area contributed by atoms with Gasteiger partial charge in [0, 0.05) is 36.5 Å². The van der Waals surface area contributed by atoms with Crippen LogP contribution in [-0.4, -0.2) is 52.8 Å². The monoisotopic (exact) mass is 414 g/mol. The Kier molecular flexibility index (Phi) is 4.90. The summed E-state index contributed by atoms with van der Waals surface area (Å²) >= 11 is 6.10. The smallest absolute Gasteiger partial charge is 0.261 e. The number of halogens is 2. The van der Waals surface area contributed by atoms with Crippen molar-refractivity contribution in [2.75, 3.05) is 19.6 Å². The lowest BCUT2D eigenvalue weighted by molar-refractivity contribution is 0.0215. The predicted octanol–water partition coefficient (Wildman–Crippen LogP) is 3.89. The van der Waals surface area contributed by atoms with Crippen LogP contribution >= 0.6 is 11.6 Å². The van der Waals surface area contributed by atoms with Crippen LogP contribution in [0.25, 0.3) is 0 Å². The van der Waals surface area contributed by atoms with Gasteiger partial charge >= 0.3 is 0 Å². The van der Waals surface area contributed by atoms with Crippen molar-refractivity contribution in [1.82, 2.24) is 9.80 Å². The molecule has 2 aromatic carbocycles. The number of nitrogens with zero attached hydrogens (tertiary/aromatic N) is 2. The quantitative estimate of drug-likeness (QED) is 0.716. The fraction of sp³-hybridized carbons (Fsp3) is 0.318. The third kappa shape index (κ3) is 3.53. The Labute approximate surface area is 173 Å². The highest BCUT2D eigenvalue weighted by Crippen LogP contribution is 2.32. The van der Waals surface area contributed by atoms with E-state index in [2.05, 4.69) is 0 Å². The topological polar surface area (TPSA) is 57.7 Å². The molecule has 0 aliphatic carbocycles. The van der Waals surface area contributed by atoms with E-state index >= 15 is 4.39 Å². The van der Waals surface area contributed by atoms with Gasteiger partial charge in [0.1, 0.15) is 5.67 Å². The maximum absolute atomic E-state index is 15.4. The second-order valence-corrected chi connectivity index (χ2v) is 8.06. The van der Waals surface area contributed by atoms with Gasteiger partial charge in [-0.3, -0.25) is 19.3 Å². The summed E-state index contributed by atoms with van der Waals surface area (Å²) in [6.07, 6.45) is 0.122. The van der Waals surface area contributed by atoms with Crippen molar-refractivity contribution in [2.45, 2.75) is 25.4 Å². The van der Waals surface area contributed by atoms with Gasteiger partial charge in [-0.15, -0.1) is 0 Å². The number of rotatable bonds is 3. The van der Waals surface area contributed by atoms with Gasteiger partial charge in [-0.05, 0) is 36.8 Å². The highest BCUT2D eigenvalue weighted by Gasteiger charge is 2.44. The summed E-state index contributed by atoms with van der Waals surface area (Å²) in [5, 5.41) is 0.512. The van der Waals surface area contributed by atoms with E-state index in [9.17, 15) is 14.4 Å². The second-order valence-electron chi connectivity index (χ2n) is 7.65. The molecular formula is C22H20ClFN2O3. The number of carbonyl (C=O) groups is 3. The fourth-order valence-electron chi connectivity index (χ4n) is 3.84. The molecule has 0 spiro atoms. The van der Waals surface area contributed by atoms with E-state index in [-0.39, 0.29) is 38.4 Å². The molecule has 4 rings (SSSR count). The first-order valence-electron chi connectivity index (χ1n) is 9.49. The predicted molar refractivity (Wildman–Crippen MR) is 107 cm³/mol. The van der Waals surface area contributed by atoms with E-state index in [0.29, 0.717) is 21.7 Å². The molecule has 1 saturated heterocycles. The number of hydrogen-bond acceptors (Lipinski definition) is 3. The molecule has 2 aromatic rings. The van der Waals surface area contributed by atoms with Crippen LogP contribution in [0.3, 0.4) is 0 Å². The molecule has 0 unspecified atom stereocenters. The number of likely N-dealkylation sites (tertiary alicyclic amines) is 1. The van der Waals surface area contributed by atoms with Crippen molar-refractivity contribution in [3.05, 3.63) is 69.7 Å². The van der Waals surface area contributed by atoms with Gasteiger partial charge in [0.15, 0.2) is 0 Å². The molecule has 1 fully saturated rings. The van der Waals surface area contributed by atoms with Crippen molar-refractivity contribution < 1.29 is 18.8 Å². The summed E-state index contributed by atoms with van der Waals surface area (Å²) in [5.74, 6) is -1.12. The summed E-state index contributed by atoms with van der Waals surface area (Å²) in [6.45, 7) is 1.99. The van der Waals surface area contributed by atoms with Gasteiger partial charge in [0.25, 0.3) is 17.7 Å². The van der Waals surface area contributed by atoms with Crippen molar-refractivity contribution in [3.8, 4) is 0 Å². The fourth-order valence-corrected chi connectivity index (χ4v) is 4.02. The molecule has 0 aromatic heterocycles. The average molecular weight is 415 g/mol. The van der Waals surface area contributed by atoms with Gasteiger partial charge in [-0.2, -0.15) is 0 Å². The van der Waals surface area contributed by atoms with E-state index < -0.39 is 17.5 Å². The zero-order valence-corrected chi connectivity index (χ0v) is 16.7. The molecule has 3 amide bonds. The van der Waals surface area contributed by atoms with Gasteiger partial charge in [0.05, 0.1) is 17.7 Å². The molecular weight excluding hydrogens is 395 g/mol. The Balaban J connectivity index is 1.42. The first-order valence-corrected chi connectivity index (χ1v) is 9.86. The lowest BCUT2D eigenvalue weighted by atomic mass is 9.92. The summed E-state index contributed by atoms with van der Waals surface area (Å²) in [5.41, 5.74) is 0.252. The number of carbonyl (C=O) groups excluding carboxylic acids is 3. The highest BCUT2D eigenvalue weighted by atomic mass is 35.5. The van der Waals surface area contributed by atoms with Crippen LogP contribution < -0.4 is 0 Å². The van der Waals surface area contributed by atoms with Crippen LogP contribution in [0.15, 0.2) is 42.5 Å². The Bertz CT molecular complexity index is 980. The van der Waals surface area contributed by atoms with E-state index in [1.807, 2.05) is 6.92 Å². The van der Waals surface area contributed by atoms with E-state index in [1.54, 1.807) is 47.4 Å². The zero-order valence-electron chi connectivity index (χ0n) is 16.0. The van der Waals surface area contributed by atoms with Gasteiger partial charge in [-0.1, -0.05) is 29.8 Å². The van der Waals surface area contributed by atoms with Crippen LogP contribution in [0.4, 0.5) is 4.39 Å². The summed E-state index contributed by atoms with van der Waals surface area (Å²) < 4.78 is 15.4. The minimum absolute atomic E-state index is 0.0612. The lowest BCUT2D eigenvalue weighted by Gasteiger charge is -2.38. The SMILES string of the molecule is Cc1ccc(C(=O)N2CCC(F)(CN3C(=O)c4ccccc4C3=O)CC2)cc1Cl. The molecule has 0 atom stereocenters. The van der Waals surface area contributed by atoms with Crippen LogP contribution in [-0.2, 0) is 0 Å². The largest absolute Gasteiger partial charge is 0.338 e. The van der Waals surface area contributed by atoms with E-state index in [4.69, 9.17) is 11.6 Å². The first kappa shape index (κ1) is 19.6. The molecule has 0 saturated carbocycles. The van der Waals surface area contributed by atoms with Crippen molar-refractivity contribution in [3.63, 3.8) is 0 Å². The molecule has 0 bridgehead atoms. The van der Waals surface area contributed by atoms with Crippen molar-refractivity contribution in [1.29, 1.82) is 0 Å². The molecule has 2 aliphatic heterocycles. The Morgan fingerprint density at radius 1 is 1.07 bits per heavy atom. The van der Waals surface area contributed by atoms with E-state index in [1.165, 1.54) is 0 Å². The summed E-state index contributed by atoms with van der Waals surface area (Å²) in [6, 6.07) is 11.6. The van der Waals surface area contributed by atoms with Gasteiger partial charge in [0.2, 0.25) is 0 Å². The standard InChI is InChI=1S/C22H20ClFN2O3/c1-14-6-7-15(12-18(14)23)19(27)25-10-8-22(24,9-11-25)13-26-20(28)16-4-2-3-5-17(16)21(26)29/h2-7,12H,8-11,13H2,1H3. The highest BCUT2D eigenvalue weighted by molar-refractivity contribution is 6.31. The molecule has 29 heavy (non-hydrogen) atoms. The van der Waals surface area contributed by atoms with Crippen molar-refractivity contribution >= 4 is 29.3 Å². The third-order valence-electron chi connectivity index (χ3n) is 5.69. The maximum atomic E-state index is 15.4. The molecule has 5 nitrogen and oxygen atoms in total. The zero-order chi connectivity index (χ0) is 20.8. The Morgan fingerprint density at radius 3 is 2.21 bits per heavy atom. The normalized spacial score (nSPS) is 18.2. The van der Waals surface area contributed by atoms with Crippen LogP contribution in [0.5, 0.6) is 0 Å². The molecule has 2 aliphatic rings. The van der Waals surface area contributed by atoms with Crippen LogP contribution in [0.2, 0.25) is 5.02 Å². The third-order valence-corrected chi connectivity index (χ3v) is 6.09. The number of aryl methyl sites for hydroxylation is 1. The average Bonchev–Trinajstić information content (AvgIpc) is 2.95. The molecule has 0 N–H and O–H groups in total. The molecule has 150 valence electrons. The van der Waals surface area contributed by atoms with Gasteiger partial charge in [-0.25, -0.2) is 4.39 Å². The molecule has 2 heterocycles. The number of hydrogen-bond donors (Lipinski definition) is 0. The number of alkyl halides is 1.